The SMILES string of the molecule is COC(C1CC1)C(Cc1ncnn1C)NN. The lowest BCUT2D eigenvalue weighted by atomic mass is 10.0. The van der Waals surface area contributed by atoms with Gasteiger partial charge >= 0.3 is 0 Å². The summed E-state index contributed by atoms with van der Waals surface area (Å²) in [5, 5.41) is 4.05. The molecule has 0 amide bonds. The number of hydrogen-bond acceptors (Lipinski definition) is 5. The van der Waals surface area contributed by atoms with Crippen LogP contribution in [-0.4, -0.2) is 34.0 Å². The summed E-state index contributed by atoms with van der Waals surface area (Å²) in [4.78, 5) is 4.20. The van der Waals surface area contributed by atoms with Crippen LogP contribution >= 0.6 is 0 Å². The van der Waals surface area contributed by atoms with Gasteiger partial charge in [0.2, 0.25) is 0 Å². The first kappa shape index (κ1) is 11.5. The molecule has 16 heavy (non-hydrogen) atoms. The number of nitrogens with two attached hydrogens (primary N) is 1. The Morgan fingerprint density at radius 1 is 1.69 bits per heavy atom. The number of aryl methyl sites for hydroxylation is 1. The lowest BCUT2D eigenvalue weighted by Crippen LogP contribution is -2.47. The quantitative estimate of drug-likeness (QED) is 0.509. The van der Waals surface area contributed by atoms with E-state index in [1.165, 1.54) is 12.8 Å². The van der Waals surface area contributed by atoms with Crippen molar-refractivity contribution in [1.29, 1.82) is 0 Å². The molecule has 0 bridgehead atoms. The third kappa shape index (κ3) is 2.40. The van der Waals surface area contributed by atoms with E-state index in [-0.39, 0.29) is 12.1 Å². The van der Waals surface area contributed by atoms with E-state index < -0.39 is 0 Å². The molecule has 2 rings (SSSR count). The van der Waals surface area contributed by atoms with Crippen LogP contribution in [0.2, 0.25) is 0 Å². The predicted molar refractivity (Wildman–Crippen MR) is 59.3 cm³/mol. The van der Waals surface area contributed by atoms with Crippen molar-refractivity contribution in [2.24, 2.45) is 18.8 Å². The number of methoxy groups -OCH3 is 1. The highest BCUT2D eigenvalue weighted by Crippen LogP contribution is 2.35. The first-order valence-electron chi connectivity index (χ1n) is 5.58. The average molecular weight is 225 g/mol. The minimum absolute atomic E-state index is 0.0976. The first-order chi connectivity index (χ1) is 7.76. The second-order valence-corrected chi connectivity index (χ2v) is 4.31. The van der Waals surface area contributed by atoms with Crippen LogP contribution < -0.4 is 11.3 Å². The summed E-state index contributed by atoms with van der Waals surface area (Å²) in [5.74, 6) is 7.15. The van der Waals surface area contributed by atoms with Gasteiger partial charge in [0, 0.05) is 20.6 Å². The Bertz CT molecular complexity index is 336. The third-order valence-corrected chi connectivity index (χ3v) is 3.18. The molecular formula is C10H19N5O. The van der Waals surface area contributed by atoms with E-state index in [4.69, 9.17) is 10.6 Å². The molecule has 1 fully saturated rings. The van der Waals surface area contributed by atoms with Gasteiger partial charge in [-0.3, -0.25) is 16.0 Å². The lowest BCUT2D eigenvalue weighted by molar-refractivity contribution is 0.0502. The van der Waals surface area contributed by atoms with E-state index in [1.807, 2.05) is 7.05 Å². The summed E-state index contributed by atoms with van der Waals surface area (Å²) in [5.41, 5.74) is 2.83. The topological polar surface area (TPSA) is 78.0 Å². The molecule has 2 atom stereocenters. The molecule has 90 valence electrons. The van der Waals surface area contributed by atoms with Gasteiger partial charge in [0.15, 0.2) is 0 Å². The van der Waals surface area contributed by atoms with Gasteiger partial charge in [0.1, 0.15) is 12.2 Å². The van der Waals surface area contributed by atoms with Crippen LogP contribution in [0.3, 0.4) is 0 Å². The molecule has 2 unspecified atom stereocenters. The van der Waals surface area contributed by atoms with Crippen molar-refractivity contribution in [3.05, 3.63) is 12.2 Å². The van der Waals surface area contributed by atoms with Crippen LogP contribution in [0.15, 0.2) is 6.33 Å². The minimum atomic E-state index is 0.0976. The minimum Gasteiger partial charge on any atom is -0.379 e. The summed E-state index contributed by atoms with van der Waals surface area (Å²) >= 11 is 0. The molecule has 1 aliphatic rings. The maximum atomic E-state index is 5.59. The van der Waals surface area contributed by atoms with Gasteiger partial charge in [-0.25, -0.2) is 4.98 Å². The Hall–Kier alpha value is -0.980. The maximum Gasteiger partial charge on any atom is 0.138 e. The Balaban J connectivity index is 2.01. The van der Waals surface area contributed by atoms with Crippen LogP contribution in [0.5, 0.6) is 0 Å². The number of ether oxygens (including phenoxy) is 1. The van der Waals surface area contributed by atoms with Crippen molar-refractivity contribution in [1.82, 2.24) is 20.2 Å². The van der Waals surface area contributed by atoms with Crippen LogP contribution in [0, 0.1) is 5.92 Å². The fourth-order valence-electron chi connectivity index (χ4n) is 2.08. The van der Waals surface area contributed by atoms with Crippen molar-refractivity contribution >= 4 is 0 Å². The smallest absolute Gasteiger partial charge is 0.138 e. The number of nitrogens with zero attached hydrogens (tertiary/aromatic N) is 3. The first-order valence-corrected chi connectivity index (χ1v) is 5.58. The molecule has 6 nitrogen and oxygen atoms in total. The van der Waals surface area contributed by atoms with Crippen molar-refractivity contribution in [2.45, 2.75) is 31.4 Å². The molecule has 0 radical (unpaired) electrons. The van der Waals surface area contributed by atoms with E-state index >= 15 is 0 Å². The van der Waals surface area contributed by atoms with E-state index in [0.717, 1.165) is 12.2 Å². The average Bonchev–Trinajstić information content (AvgIpc) is 3.04. The predicted octanol–water partition coefficient (Wildman–Crippen LogP) is -0.385. The highest BCUT2D eigenvalue weighted by molar-refractivity contribution is 4.96. The zero-order valence-corrected chi connectivity index (χ0v) is 9.76. The molecule has 1 aliphatic carbocycles. The summed E-state index contributed by atoms with van der Waals surface area (Å²) in [7, 11) is 3.62. The molecule has 0 saturated heterocycles. The fourth-order valence-corrected chi connectivity index (χ4v) is 2.08. The molecule has 1 aromatic rings. The maximum absolute atomic E-state index is 5.59. The highest BCUT2D eigenvalue weighted by atomic mass is 16.5. The summed E-state index contributed by atoms with van der Waals surface area (Å²) in [6.45, 7) is 0. The summed E-state index contributed by atoms with van der Waals surface area (Å²) in [6, 6.07) is 0.0976. The second-order valence-electron chi connectivity index (χ2n) is 4.31. The normalized spacial score (nSPS) is 19.7. The van der Waals surface area contributed by atoms with E-state index in [0.29, 0.717) is 5.92 Å². The Morgan fingerprint density at radius 2 is 2.44 bits per heavy atom. The Labute approximate surface area is 95.1 Å². The van der Waals surface area contributed by atoms with Crippen molar-refractivity contribution < 1.29 is 4.74 Å². The standard InChI is InChI=1S/C10H19N5O/c1-15-9(12-6-13-15)5-8(14-11)10(16-2)7-3-4-7/h6-8,10,14H,3-5,11H2,1-2H3. The van der Waals surface area contributed by atoms with Gasteiger partial charge in [-0.15, -0.1) is 0 Å². The van der Waals surface area contributed by atoms with Crippen LogP contribution in [0.25, 0.3) is 0 Å². The summed E-state index contributed by atoms with van der Waals surface area (Å²) in [6.07, 6.45) is 4.93. The van der Waals surface area contributed by atoms with Crippen molar-refractivity contribution in [3.8, 4) is 0 Å². The van der Waals surface area contributed by atoms with Crippen molar-refractivity contribution in [2.75, 3.05) is 7.11 Å². The van der Waals surface area contributed by atoms with Gasteiger partial charge in [-0.2, -0.15) is 5.10 Å². The molecule has 0 spiro atoms. The van der Waals surface area contributed by atoms with Gasteiger partial charge in [-0.1, -0.05) is 0 Å². The molecule has 0 aliphatic heterocycles. The largest absolute Gasteiger partial charge is 0.379 e. The number of hydrazine groups is 1. The number of hydrogen-bond donors (Lipinski definition) is 2. The Morgan fingerprint density at radius 3 is 2.88 bits per heavy atom. The third-order valence-electron chi connectivity index (χ3n) is 3.18. The van der Waals surface area contributed by atoms with Gasteiger partial charge in [0.25, 0.3) is 0 Å². The second kappa shape index (κ2) is 4.90. The fraction of sp³-hybridized carbons (Fsp3) is 0.800. The number of aromatic nitrogens is 3. The number of rotatable bonds is 6. The zero-order chi connectivity index (χ0) is 11.5. The number of nitrogens with one attached hydrogen (secondary N) is 1. The van der Waals surface area contributed by atoms with E-state index in [2.05, 4.69) is 15.5 Å². The molecule has 6 heteroatoms. The Kier molecular flexibility index (Phi) is 3.52. The van der Waals surface area contributed by atoms with E-state index in [1.54, 1.807) is 18.1 Å². The molecule has 3 N–H and O–H groups in total. The molecular weight excluding hydrogens is 206 g/mol. The van der Waals surface area contributed by atoms with Gasteiger partial charge < -0.3 is 4.74 Å². The van der Waals surface area contributed by atoms with E-state index in [9.17, 15) is 0 Å². The monoisotopic (exact) mass is 225 g/mol. The van der Waals surface area contributed by atoms with Gasteiger partial charge in [0.05, 0.1) is 12.1 Å². The lowest BCUT2D eigenvalue weighted by Gasteiger charge is -2.24. The van der Waals surface area contributed by atoms with Crippen LogP contribution in [-0.2, 0) is 18.2 Å². The van der Waals surface area contributed by atoms with Crippen molar-refractivity contribution in [3.63, 3.8) is 0 Å². The summed E-state index contributed by atoms with van der Waals surface area (Å²) < 4.78 is 7.28. The van der Waals surface area contributed by atoms with Gasteiger partial charge in [-0.05, 0) is 18.8 Å². The zero-order valence-electron chi connectivity index (χ0n) is 9.76. The molecule has 0 aromatic carbocycles. The molecule has 1 saturated carbocycles. The molecule has 1 aromatic heterocycles. The van der Waals surface area contributed by atoms with Crippen LogP contribution in [0.1, 0.15) is 18.7 Å². The van der Waals surface area contributed by atoms with Crippen LogP contribution in [0.4, 0.5) is 0 Å². The highest BCUT2D eigenvalue weighted by Gasteiger charge is 2.36. The molecule has 1 heterocycles.